The molecule has 1 fully saturated rings. The van der Waals surface area contributed by atoms with Crippen LogP contribution in [0.2, 0.25) is 0 Å². The summed E-state index contributed by atoms with van der Waals surface area (Å²) in [4.78, 5) is 28.3. The number of ketones is 1. The van der Waals surface area contributed by atoms with Crippen LogP contribution < -0.4 is 0 Å². The molecule has 1 rings (SSSR count). The zero-order chi connectivity index (χ0) is 13.6. The van der Waals surface area contributed by atoms with Crippen LogP contribution in [-0.2, 0) is 19.2 Å². The fourth-order valence-electron chi connectivity index (χ4n) is 1.99. The maximum atomic E-state index is 11.5. The Labute approximate surface area is 108 Å². The molecule has 0 heterocycles. The summed E-state index contributed by atoms with van der Waals surface area (Å²) in [6, 6.07) is 0. The number of carbonyl (C=O) groups is 2. The summed E-state index contributed by atoms with van der Waals surface area (Å²) in [6.45, 7) is 5.13. The highest BCUT2D eigenvalue weighted by atomic mass is 16.7. The lowest BCUT2D eigenvalue weighted by atomic mass is 9.87. The molecule has 1 aliphatic rings. The first-order valence-electron chi connectivity index (χ1n) is 6.43. The van der Waals surface area contributed by atoms with Gasteiger partial charge in [-0.1, -0.05) is 11.6 Å². The molecule has 1 aliphatic carbocycles. The smallest absolute Gasteiger partial charge is 0.364 e. The molecule has 5 nitrogen and oxygen atoms in total. The Morgan fingerprint density at radius 3 is 2.33 bits per heavy atom. The predicted octanol–water partition coefficient (Wildman–Crippen LogP) is 2.23. The van der Waals surface area contributed by atoms with Gasteiger partial charge < -0.3 is 9.57 Å². The van der Waals surface area contributed by atoms with Crippen molar-refractivity contribution in [1.29, 1.82) is 0 Å². The number of Topliss-reactive ketones (excluding diaryl/α,β-unsaturated/α-hetero) is 1. The van der Waals surface area contributed by atoms with Crippen LogP contribution in [-0.4, -0.2) is 29.7 Å². The van der Waals surface area contributed by atoms with Gasteiger partial charge in [0.1, 0.15) is 5.60 Å². The van der Waals surface area contributed by atoms with Crippen molar-refractivity contribution < 1.29 is 19.2 Å². The van der Waals surface area contributed by atoms with Crippen molar-refractivity contribution in [1.82, 2.24) is 0 Å². The van der Waals surface area contributed by atoms with Gasteiger partial charge in [-0.25, -0.2) is 4.79 Å². The molecule has 0 amide bonds. The molecule has 102 valence electrons. The van der Waals surface area contributed by atoms with Gasteiger partial charge in [-0.2, -0.15) is 0 Å². The Morgan fingerprint density at radius 2 is 1.83 bits per heavy atom. The Kier molecular flexibility index (Phi) is 5.31. The molecule has 18 heavy (non-hydrogen) atoms. The fourth-order valence-corrected chi connectivity index (χ4v) is 1.99. The van der Waals surface area contributed by atoms with Gasteiger partial charge in [0, 0.05) is 6.92 Å². The van der Waals surface area contributed by atoms with E-state index in [9.17, 15) is 9.59 Å². The largest absolute Gasteiger partial charge is 0.461 e. The number of carbonyl (C=O) groups excluding carboxylic acids is 2. The molecule has 0 aliphatic heterocycles. The van der Waals surface area contributed by atoms with E-state index in [-0.39, 0.29) is 17.9 Å². The van der Waals surface area contributed by atoms with Crippen LogP contribution in [0, 0.1) is 0 Å². The summed E-state index contributed by atoms with van der Waals surface area (Å²) in [5.41, 5.74) is -0.630. The molecule has 0 unspecified atom stereocenters. The van der Waals surface area contributed by atoms with E-state index in [2.05, 4.69) is 5.16 Å². The normalized spacial score (nSPS) is 19.2. The highest BCUT2D eigenvalue weighted by Gasteiger charge is 2.30. The number of esters is 1. The molecule has 0 aromatic carbocycles. The Morgan fingerprint density at radius 1 is 1.22 bits per heavy atom. The van der Waals surface area contributed by atoms with E-state index in [0.717, 1.165) is 25.7 Å². The lowest BCUT2D eigenvalue weighted by Crippen LogP contribution is -2.32. The van der Waals surface area contributed by atoms with Crippen molar-refractivity contribution >= 4 is 17.5 Å². The van der Waals surface area contributed by atoms with Crippen LogP contribution in [0.1, 0.15) is 52.9 Å². The maximum Gasteiger partial charge on any atom is 0.364 e. The zero-order valence-electron chi connectivity index (χ0n) is 11.3. The topological polar surface area (TPSA) is 65.0 Å². The van der Waals surface area contributed by atoms with E-state index in [1.807, 2.05) is 6.92 Å². The number of oxime groups is 1. The Bertz CT molecular complexity index is 343. The second-order valence-corrected chi connectivity index (χ2v) is 4.82. The van der Waals surface area contributed by atoms with E-state index >= 15 is 0 Å². The van der Waals surface area contributed by atoms with Crippen molar-refractivity contribution in [2.45, 2.75) is 58.5 Å². The van der Waals surface area contributed by atoms with E-state index in [1.54, 1.807) is 6.92 Å². The quantitative estimate of drug-likeness (QED) is 0.327. The average molecular weight is 255 g/mol. The first-order valence-corrected chi connectivity index (χ1v) is 6.43. The van der Waals surface area contributed by atoms with Gasteiger partial charge >= 0.3 is 5.97 Å². The third-order valence-corrected chi connectivity index (χ3v) is 3.07. The minimum atomic E-state index is -0.718. The summed E-state index contributed by atoms with van der Waals surface area (Å²) in [6.07, 6.45) is 5.15. The number of nitrogens with zero attached hydrogens (tertiary/aromatic N) is 1. The molecule has 0 aromatic heterocycles. The SMILES string of the molecule is CCOC(=O)/C(=N\OC1(C)CCCCC1)C(C)=O. The minimum Gasteiger partial charge on any atom is -0.461 e. The maximum absolute atomic E-state index is 11.5. The third kappa shape index (κ3) is 4.13. The molecule has 0 spiro atoms. The van der Waals surface area contributed by atoms with Crippen LogP contribution in [0.15, 0.2) is 5.16 Å². The molecule has 0 N–H and O–H groups in total. The van der Waals surface area contributed by atoms with E-state index in [4.69, 9.17) is 9.57 Å². The van der Waals surface area contributed by atoms with Crippen molar-refractivity contribution in [2.24, 2.45) is 5.16 Å². The van der Waals surface area contributed by atoms with Crippen LogP contribution in [0.3, 0.4) is 0 Å². The monoisotopic (exact) mass is 255 g/mol. The van der Waals surface area contributed by atoms with Crippen LogP contribution >= 0.6 is 0 Å². The summed E-state index contributed by atoms with van der Waals surface area (Å²) in [5.74, 6) is -1.16. The number of hydrogen-bond acceptors (Lipinski definition) is 5. The lowest BCUT2D eigenvalue weighted by molar-refractivity contribution is -0.136. The molecular weight excluding hydrogens is 234 g/mol. The van der Waals surface area contributed by atoms with Gasteiger partial charge in [0.05, 0.1) is 6.61 Å². The number of ether oxygens (including phenoxy) is 1. The zero-order valence-corrected chi connectivity index (χ0v) is 11.3. The second kappa shape index (κ2) is 6.52. The second-order valence-electron chi connectivity index (χ2n) is 4.82. The van der Waals surface area contributed by atoms with Crippen molar-refractivity contribution in [3.63, 3.8) is 0 Å². The minimum absolute atomic E-state index is 0.211. The highest BCUT2D eigenvalue weighted by Crippen LogP contribution is 2.31. The van der Waals surface area contributed by atoms with E-state index in [1.165, 1.54) is 13.3 Å². The Balaban J connectivity index is 2.70. The highest BCUT2D eigenvalue weighted by molar-refractivity contribution is 6.63. The molecule has 0 aromatic rings. The molecule has 0 saturated heterocycles. The summed E-state index contributed by atoms with van der Waals surface area (Å²) >= 11 is 0. The summed E-state index contributed by atoms with van der Waals surface area (Å²) in [5, 5.41) is 3.73. The first-order chi connectivity index (χ1) is 8.48. The average Bonchev–Trinajstić information content (AvgIpc) is 2.29. The van der Waals surface area contributed by atoms with Gasteiger partial charge in [-0.3, -0.25) is 4.79 Å². The molecule has 5 heteroatoms. The Hall–Kier alpha value is -1.39. The number of rotatable bonds is 5. The summed E-state index contributed by atoms with van der Waals surface area (Å²) < 4.78 is 4.77. The molecule has 1 saturated carbocycles. The van der Waals surface area contributed by atoms with Crippen LogP contribution in [0.25, 0.3) is 0 Å². The molecule has 0 bridgehead atoms. The predicted molar refractivity (Wildman–Crippen MR) is 67.3 cm³/mol. The van der Waals surface area contributed by atoms with Gasteiger partial charge in [-0.05, 0) is 39.5 Å². The van der Waals surface area contributed by atoms with E-state index in [0.29, 0.717) is 0 Å². The lowest BCUT2D eigenvalue weighted by Gasteiger charge is -2.30. The van der Waals surface area contributed by atoms with Crippen molar-refractivity contribution in [3.8, 4) is 0 Å². The molecule has 0 atom stereocenters. The van der Waals surface area contributed by atoms with Gasteiger partial charge in [0.25, 0.3) is 0 Å². The summed E-state index contributed by atoms with van der Waals surface area (Å²) in [7, 11) is 0. The van der Waals surface area contributed by atoms with Crippen LogP contribution in [0.4, 0.5) is 0 Å². The van der Waals surface area contributed by atoms with Crippen molar-refractivity contribution in [2.75, 3.05) is 6.61 Å². The van der Waals surface area contributed by atoms with Gasteiger partial charge in [-0.15, -0.1) is 0 Å². The van der Waals surface area contributed by atoms with Gasteiger partial charge in [0.15, 0.2) is 5.78 Å². The van der Waals surface area contributed by atoms with Crippen LogP contribution in [0.5, 0.6) is 0 Å². The third-order valence-electron chi connectivity index (χ3n) is 3.07. The fraction of sp³-hybridized carbons (Fsp3) is 0.769. The molecule has 0 radical (unpaired) electrons. The molecular formula is C13H21NO4. The standard InChI is InChI=1S/C13H21NO4/c1-4-17-12(16)11(10(2)15)14-18-13(3)8-6-5-7-9-13/h4-9H2,1-3H3/b14-11-. The first kappa shape index (κ1) is 14.7. The van der Waals surface area contributed by atoms with Gasteiger partial charge in [0.2, 0.25) is 5.71 Å². The number of hydrogen-bond donors (Lipinski definition) is 0. The van der Waals surface area contributed by atoms with E-state index < -0.39 is 11.8 Å². The van der Waals surface area contributed by atoms with Crippen molar-refractivity contribution in [3.05, 3.63) is 0 Å².